The molecule has 136 valence electrons. The summed E-state index contributed by atoms with van der Waals surface area (Å²) in [4.78, 5) is 23.4. The third-order valence-electron chi connectivity index (χ3n) is 5.59. The number of halogens is 1. The van der Waals surface area contributed by atoms with Gasteiger partial charge in [0.25, 0.3) is 5.91 Å². The van der Waals surface area contributed by atoms with E-state index in [1.165, 1.54) is 25.7 Å². The maximum atomic E-state index is 12.9. The van der Waals surface area contributed by atoms with E-state index in [1.54, 1.807) is 6.07 Å². The van der Waals surface area contributed by atoms with Crippen molar-refractivity contribution >= 4 is 29.0 Å². The molecule has 1 spiro atoms. The highest BCUT2D eigenvalue weighted by atomic mass is 35.5. The van der Waals surface area contributed by atoms with Crippen LogP contribution in [0.25, 0.3) is 0 Å². The molecule has 2 fully saturated rings. The maximum absolute atomic E-state index is 12.9. The molecule has 1 aliphatic carbocycles. The molecule has 0 unspecified atom stereocenters. The number of hydrogen-bond acceptors (Lipinski definition) is 4. The van der Waals surface area contributed by atoms with Crippen LogP contribution < -0.4 is 10.2 Å². The summed E-state index contributed by atoms with van der Waals surface area (Å²) < 4.78 is 0. The van der Waals surface area contributed by atoms with Gasteiger partial charge in [0.2, 0.25) is 5.28 Å². The number of carbonyl (C=O) groups is 1. The average molecular weight is 371 g/mol. The smallest absolute Gasteiger partial charge is 0.258 e. The molecule has 1 aromatic heterocycles. The summed E-state index contributed by atoms with van der Waals surface area (Å²) in [5, 5.41) is 3.00. The molecule has 1 aliphatic heterocycles. The van der Waals surface area contributed by atoms with Crippen molar-refractivity contribution in [2.45, 2.75) is 39.5 Å². The molecule has 1 saturated carbocycles. The van der Waals surface area contributed by atoms with Gasteiger partial charge >= 0.3 is 0 Å². The van der Waals surface area contributed by atoms with Gasteiger partial charge in [-0.1, -0.05) is 6.07 Å². The molecule has 1 aromatic carbocycles. The summed E-state index contributed by atoms with van der Waals surface area (Å²) in [6.07, 6.45) is 5.19. The highest BCUT2D eigenvalue weighted by Gasteiger charge is 2.44. The SMILES string of the molecule is Cc1ccc(C(=O)Nc2cc(C)nc(Cl)n2)c(N2CCC3(CC2)CC3)c1. The van der Waals surface area contributed by atoms with Crippen molar-refractivity contribution in [2.75, 3.05) is 23.3 Å². The molecule has 2 heterocycles. The Labute approximate surface area is 158 Å². The molecule has 1 amide bonds. The molecule has 0 radical (unpaired) electrons. The Morgan fingerprint density at radius 1 is 1.12 bits per heavy atom. The van der Waals surface area contributed by atoms with Crippen LogP contribution in [0.4, 0.5) is 11.5 Å². The van der Waals surface area contributed by atoms with Crippen LogP contribution >= 0.6 is 11.6 Å². The van der Waals surface area contributed by atoms with Crippen molar-refractivity contribution in [3.05, 3.63) is 46.4 Å². The number of amides is 1. The quantitative estimate of drug-likeness (QED) is 0.814. The van der Waals surface area contributed by atoms with Crippen LogP contribution in [0.1, 0.15) is 47.3 Å². The third kappa shape index (κ3) is 3.54. The number of benzene rings is 1. The Morgan fingerprint density at radius 3 is 2.50 bits per heavy atom. The molecule has 6 heteroatoms. The Bertz CT molecular complexity index is 833. The highest BCUT2D eigenvalue weighted by molar-refractivity contribution is 6.28. The molecule has 0 bridgehead atoms. The Hall–Kier alpha value is -2.14. The van der Waals surface area contributed by atoms with Gasteiger partial charge in [-0.2, -0.15) is 0 Å². The van der Waals surface area contributed by atoms with Crippen molar-refractivity contribution < 1.29 is 4.79 Å². The number of piperidine rings is 1. The van der Waals surface area contributed by atoms with Crippen molar-refractivity contribution in [3.63, 3.8) is 0 Å². The highest BCUT2D eigenvalue weighted by Crippen LogP contribution is 2.54. The van der Waals surface area contributed by atoms with Crippen LogP contribution in [0.15, 0.2) is 24.3 Å². The standard InChI is InChI=1S/C20H23ClN4O/c1-13-3-4-15(18(26)23-17-12-14(2)22-19(21)24-17)16(11-13)25-9-7-20(5-6-20)8-10-25/h3-4,11-12H,5-10H2,1-2H3,(H,22,23,24,26). The zero-order valence-corrected chi connectivity index (χ0v) is 15.9. The van der Waals surface area contributed by atoms with Crippen LogP contribution in [0, 0.1) is 19.3 Å². The van der Waals surface area contributed by atoms with Gasteiger partial charge in [0.05, 0.1) is 5.56 Å². The van der Waals surface area contributed by atoms with Gasteiger partial charge in [-0.25, -0.2) is 9.97 Å². The molecular weight excluding hydrogens is 348 g/mol. The lowest BCUT2D eigenvalue weighted by molar-refractivity contribution is 0.102. The normalized spacial score (nSPS) is 18.0. The van der Waals surface area contributed by atoms with E-state index in [2.05, 4.69) is 33.2 Å². The lowest BCUT2D eigenvalue weighted by Gasteiger charge is -2.35. The van der Waals surface area contributed by atoms with E-state index in [9.17, 15) is 4.79 Å². The number of carbonyl (C=O) groups excluding carboxylic acids is 1. The van der Waals surface area contributed by atoms with Gasteiger partial charge in [-0.15, -0.1) is 0 Å². The van der Waals surface area contributed by atoms with E-state index >= 15 is 0 Å². The van der Waals surface area contributed by atoms with Crippen LogP contribution in [-0.4, -0.2) is 29.0 Å². The molecular formula is C20H23ClN4O. The molecule has 5 nitrogen and oxygen atoms in total. The Morgan fingerprint density at radius 2 is 1.85 bits per heavy atom. The second-order valence-electron chi connectivity index (χ2n) is 7.63. The van der Waals surface area contributed by atoms with E-state index in [0.717, 1.165) is 30.0 Å². The lowest BCUT2D eigenvalue weighted by Crippen LogP contribution is -2.35. The van der Waals surface area contributed by atoms with E-state index in [1.807, 2.05) is 19.1 Å². The van der Waals surface area contributed by atoms with Crippen molar-refractivity contribution in [2.24, 2.45) is 5.41 Å². The van der Waals surface area contributed by atoms with E-state index in [4.69, 9.17) is 11.6 Å². The summed E-state index contributed by atoms with van der Waals surface area (Å²) in [6.45, 7) is 5.91. The second-order valence-corrected chi connectivity index (χ2v) is 7.96. The monoisotopic (exact) mass is 370 g/mol. The number of nitrogens with zero attached hydrogens (tertiary/aromatic N) is 3. The zero-order valence-electron chi connectivity index (χ0n) is 15.2. The first-order valence-corrected chi connectivity index (χ1v) is 9.50. The molecule has 0 atom stereocenters. The minimum absolute atomic E-state index is 0.134. The largest absolute Gasteiger partial charge is 0.371 e. The van der Waals surface area contributed by atoms with Crippen molar-refractivity contribution in [1.82, 2.24) is 9.97 Å². The van der Waals surface area contributed by atoms with E-state index < -0.39 is 0 Å². The lowest BCUT2D eigenvalue weighted by atomic mass is 9.92. The summed E-state index contributed by atoms with van der Waals surface area (Å²) in [5.41, 5.74) is 4.17. The summed E-state index contributed by atoms with van der Waals surface area (Å²) in [7, 11) is 0. The van der Waals surface area contributed by atoms with Crippen molar-refractivity contribution in [3.8, 4) is 0 Å². The number of nitrogens with one attached hydrogen (secondary N) is 1. The van der Waals surface area contributed by atoms with Crippen LogP contribution in [0.2, 0.25) is 5.28 Å². The molecule has 2 aliphatic rings. The summed E-state index contributed by atoms with van der Waals surface area (Å²) >= 11 is 5.90. The van der Waals surface area contributed by atoms with Gasteiger partial charge < -0.3 is 10.2 Å². The number of rotatable bonds is 3. The zero-order chi connectivity index (χ0) is 18.3. The van der Waals surface area contributed by atoms with Gasteiger partial charge in [-0.05, 0) is 74.2 Å². The van der Waals surface area contributed by atoms with Crippen LogP contribution in [-0.2, 0) is 0 Å². The number of aryl methyl sites for hydroxylation is 2. The summed E-state index contributed by atoms with van der Waals surface area (Å²) in [5.74, 6) is 0.260. The molecule has 1 saturated heterocycles. The third-order valence-corrected chi connectivity index (χ3v) is 5.76. The number of anilines is 2. The van der Waals surface area contributed by atoms with Gasteiger partial charge in [0, 0.05) is 30.5 Å². The van der Waals surface area contributed by atoms with Crippen LogP contribution in [0.5, 0.6) is 0 Å². The van der Waals surface area contributed by atoms with Gasteiger partial charge in [0.15, 0.2) is 0 Å². The van der Waals surface area contributed by atoms with Crippen LogP contribution in [0.3, 0.4) is 0 Å². The molecule has 1 N–H and O–H groups in total. The fourth-order valence-corrected chi connectivity index (χ4v) is 4.00. The van der Waals surface area contributed by atoms with E-state index in [-0.39, 0.29) is 11.2 Å². The topological polar surface area (TPSA) is 58.1 Å². The first kappa shape index (κ1) is 17.3. The number of aromatic nitrogens is 2. The average Bonchev–Trinajstić information content (AvgIpc) is 3.33. The fraction of sp³-hybridized carbons (Fsp3) is 0.450. The minimum atomic E-state index is -0.166. The number of hydrogen-bond donors (Lipinski definition) is 1. The maximum Gasteiger partial charge on any atom is 0.258 e. The van der Waals surface area contributed by atoms with Gasteiger partial charge in [0.1, 0.15) is 5.82 Å². The van der Waals surface area contributed by atoms with E-state index in [0.29, 0.717) is 16.8 Å². The fourth-order valence-electron chi connectivity index (χ4n) is 3.77. The second kappa shape index (κ2) is 6.54. The Kier molecular flexibility index (Phi) is 4.35. The van der Waals surface area contributed by atoms with Gasteiger partial charge in [-0.3, -0.25) is 4.79 Å². The van der Waals surface area contributed by atoms with Crippen molar-refractivity contribution in [1.29, 1.82) is 0 Å². The predicted octanol–water partition coefficient (Wildman–Crippen LogP) is 4.38. The summed E-state index contributed by atoms with van der Waals surface area (Å²) in [6, 6.07) is 7.70. The predicted molar refractivity (Wildman–Crippen MR) is 104 cm³/mol. The molecule has 2 aromatic rings. The minimum Gasteiger partial charge on any atom is -0.371 e. The first-order chi connectivity index (χ1) is 12.4. The molecule has 26 heavy (non-hydrogen) atoms. The molecule has 4 rings (SSSR count). The Balaban J connectivity index is 1.58. The first-order valence-electron chi connectivity index (χ1n) is 9.12.